The minimum atomic E-state index is -4.33. The van der Waals surface area contributed by atoms with Gasteiger partial charge in [-0.2, -0.15) is 13.2 Å². The van der Waals surface area contributed by atoms with Gasteiger partial charge in [0.15, 0.2) is 0 Å². The highest BCUT2D eigenvalue weighted by Gasteiger charge is 2.34. The highest BCUT2D eigenvalue weighted by atomic mass is 32.2. The molecule has 1 aliphatic heterocycles. The summed E-state index contributed by atoms with van der Waals surface area (Å²) in [5, 5.41) is -0.183. The average molecular weight is 331 g/mol. The molecule has 1 aliphatic rings. The molecule has 6 heteroatoms. The minimum absolute atomic E-state index is 0.0578. The Morgan fingerprint density at radius 1 is 1.23 bits per heavy atom. The van der Waals surface area contributed by atoms with E-state index >= 15 is 0 Å². The van der Waals surface area contributed by atoms with Crippen LogP contribution in [0.2, 0.25) is 0 Å². The number of alkyl halides is 3. The van der Waals surface area contributed by atoms with Gasteiger partial charge in [0.2, 0.25) is 5.91 Å². The van der Waals surface area contributed by atoms with Crippen LogP contribution in [-0.2, 0) is 11.0 Å². The summed E-state index contributed by atoms with van der Waals surface area (Å²) in [6.07, 6.45) is -3.90. The van der Waals surface area contributed by atoms with Crippen LogP contribution in [0, 0.1) is 5.41 Å². The third-order valence-electron chi connectivity index (χ3n) is 3.42. The first-order valence-corrected chi connectivity index (χ1v) is 8.21. The predicted molar refractivity (Wildman–Crippen MR) is 82.4 cm³/mol. The molecule has 0 saturated carbocycles. The zero-order valence-electron chi connectivity index (χ0n) is 12.9. The maximum absolute atomic E-state index is 12.6. The van der Waals surface area contributed by atoms with Crippen molar-refractivity contribution >= 4 is 17.7 Å². The van der Waals surface area contributed by atoms with E-state index < -0.39 is 11.7 Å². The minimum Gasteiger partial charge on any atom is -0.326 e. The Kier molecular flexibility index (Phi) is 4.80. The number of hydrogen-bond donors (Lipinski definition) is 0. The molecule has 1 fully saturated rings. The highest BCUT2D eigenvalue weighted by Crippen LogP contribution is 2.40. The molecule has 0 unspecified atom stereocenters. The molecule has 0 spiro atoms. The molecule has 1 aromatic rings. The molecule has 1 amide bonds. The van der Waals surface area contributed by atoms with E-state index in [4.69, 9.17) is 0 Å². The SMILES string of the molecule is CC(C)(C)CC(=O)N1CCS[C@H]1c1ccc(C(F)(F)F)cc1. The van der Waals surface area contributed by atoms with Crippen LogP contribution in [0.5, 0.6) is 0 Å². The number of amides is 1. The third kappa shape index (κ3) is 4.18. The molecule has 1 saturated heterocycles. The van der Waals surface area contributed by atoms with Gasteiger partial charge in [-0.3, -0.25) is 4.79 Å². The van der Waals surface area contributed by atoms with E-state index in [2.05, 4.69) is 0 Å². The van der Waals surface area contributed by atoms with Crippen LogP contribution in [0.4, 0.5) is 13.2 Å². The summed E-state index contributed by atoms with van der Waals surface area (Å²) in [7, 11) is 0. The second kappa shape index (κ2) is 6.14. The van der Waals surface area contributed by atoms with Crippen molar-refractivity contribution in [3.63, 3.8) is 0 Å². The quantitative estimate of drug-likeness (QED) is 0.782. The topological polar surface area (TPSA) is 20.3 Å². The largest absolute Gasteiger partial charge is 0.416 e. The van der Waals surface area contributed by atoms with Crippen LogP contribution in [0.25, 0.3) is 0 Å². The van der Waals surface area contributed by atoms with E-state index in [1.54, 1.807) is 16.7 Å². The Morgan fingerprint density at radius 2 is 1.82 bits per heavy atom. The summed E-state index contributed by atoms with van der Waals surface area (Å²) in [4.78, 5) is 14.2. The number of thioether (sulfide) groups is 1. The normalized spacial score (nSPS) is 19.5. The summed E-state index contributed by atoms with van der Waals surface area (Å²) >= 11 is 1.60. The molecule has 1 aromatic carbocycles. The Hall–Kier alpha value is -1.17. The van der Waals surface area contributed by atoms with Crippen molar-refractivity contribution in [1.82, 2.24) is 4.90 Å². The van der Waals surface area contributed by atoms with Gasteiger partial charge in [0.25, 0.3) is 0 Å². The monoisotopic (exact) mass is 331 g/mol. The zero-order valence-corrected chi connectivity index (χ0v) is 13.7. The molecule has 2 nitrogen and oxygen atoms in total. The number of rotatable bonds is 2. The van der Waals surface area contributed by atoms with Gasteiger partial charge in [-0.15, -0.1) is 11.8 Å². The maximum atomic E-state index is 12.6. The standard InChI is InChI=1S/C16H20F3NOS/c1-15(2,3)10-13(21)20-8-9-22-14(20)11-4-6-12(7-5-11)16(17,18)19/h4-7,14H,8-10H2,1-3H3/t14-/m0/s1. The fourth-order valence-electron chi connectivity index (χ4n) is 2.39. The molecule has 1 heterocycles. The zero-order chi connectivity index (χ0) is 16.5. The Bertz CT molecular complexity index is 534. The summed E-state index contributed by atoms with van der Waals surface area (Å²) in [5.41, 5.74) is -0.0146. The molecule has 0 radical (unpaired) electrons. The molecule has 0 N–H and O–H groups in total. The lowest BCUT2D eigenvalue weighted by molar-refractivity contribution is -0.137. The average Bonchev–Trinajstić information content (AvgIpc) is 2.85. The van der Waals surface area contributed by atoms with Crippen molar-refractivity contribution in [2.24, 2.45) is 5.41 Å². The van der Waals surface area contributed by atoms with Gasteiger partial charge in [0, 0.05) is 18.7 Å². The van der Waals surface area contributed by atoms with Crippen molar-refractivity contribution < 1.29 is 18.0 Å². The van der Waals surface area contributed by atoms with Gasteiger partial charge >= 0.3 is 6.18 Å². The summed E-state index contributed by atoms with van der Waals surface area (Å²) in [5.74, 6) is 0.865. The van der Waals surface area contributed by atoms with Gasteiger partial charge in [0.05, 0.1) is 5.56 Å². The lowest BCUT2D eigenvalue weighted by atomic mass is 9.91. The first kappa shape index (κ1) is 17.2. The van der Waals surface area contributed by atoms with Crippen LogP contribution in [0.15, 0.2) is 24.3 Å². The lowest BCUT2D eigenvalue weighted by Gasteiger charge is -2.27. The van der Waals surface area contributed by atoms with Crippen molar-refractivity contribution in [2.75, 3.05) is 12.3 Å². The van der Waals surface area contributed by atoms with Gasteiger partial charge in [0.1, 0.15) is 5.37 Å². The number of carbonyl (C=O) groups is 1. The first-order valence-electron chi connectivity index (χ1n) is 7.16. The Morgan fingerprint density at radius 3 is 2.32 bits per heavy atom. The van der Waals surface area contributed by atoms with Crippen molar-refractivity contribution in [1.29, 1.82) is 0 Å². The second-order valence-electron chi connectivity index (χ2n) is 6.67. The van der Waals surface area contributed by atoms with Crippen molar-refractivity contribution in [2.45, 2.75) is 38.7 Å². The molecule has 0 aromatic heterocycles. The number of carbonyl (C=O) groups excluding carboxylic acids is 1. The molecule has 2 rings (SSSR count). The second-order valence-corrected chi connectivity index (χ2v) is 7.86. The molecule has 22 heavy (non-hydrogen) atoms. The molecule has 0 aliphatic carbocycles. The van der Waals surface area contributed by atoms with Crippen LogP contribution in [0.3, 0.4) is 0 Å². The lowest BCUT2D eigenvalue weighted by Crippen LogP contribution is -2.33. The van der Waals surface area contributed by atoms with Crippen molar-refractivity contribution in [3.05, 3.63) is 35.4 Å². The van der Waals surface area contributed by atoms with Gasteiger partial charge in [-0.1, -0.05) is 32.9 Å². The number of hydrogen-bond acceptors (Lipinski definition) is 2. The van der Waals surface area contributed by atoms with E-state index in [0.717, 1.165) is 23.4 Å². The Balaban J connectivity index is 2.15. The number of nitrogens with zero attached hydrogens (tertiary/aromatic N) is 1. The summed E-state index contributed by atoms with van der Waals surface area (Å²) in [6.45, 7) is 6.65. The van der Waals surface area contributed by atoms with Crippen LogP contribution >= 0.6 is 11.8 Å². The molecular formula is C16H20F3NOS. The number of halogens is 3. The fraction of sp³-hybridized carbons (Fsp3) is 0.562. The van der Waals surface area contributed by atoms with E-state index in [-0.39, 0.29) is 16.7 Å². The van der Waals surface area contributed by atoms with E-state index in [9.17, 15) is 18.0 Å². The van der Waals surface area contributed by atoms with Crippen LogP contribution < -0.4 is 0 Å². The first-order chi connectivity index (χ1) is 10.1. The Labute approximate surface area is 133 Å². The van der Waals surface area contributed by atoms with Gasteiger partial charge < -0.3 is 4.90 Å². The van der Waals surface area contributed by atoms with Crippen molar-refractivity contribution in [3.8, 4) is 0 Å². The van der Waals surface area contributed by atoms with Crippen LogP contribution in [-0.4, -0.2) is 23.1 Å². The fourth-order valence-corrected chi connectivity index (χ4v) is 3.67. The number of benzene rings is 1. The maximum Gasteiger partial charge on any atom is 0.416 e. The highest BCUT2D eigenvalue weighted by molar-refractivity contribution is 7.99. The van der Waals surface area contributed by atoms with E-state index in [1.807, 2.05) is 20.8 Å². The summed E-state index contributed by atoms with van der Waals surface area (Å²) in [6, 6.07) is 5.12. The van der Waals surface area contributed by atoms with E-state index in [1.165, 1.54) is 12.1 Å². The smallest absolute Gasteiger partial charge is 0.326 e. The van der Waals surface area contributed by atoms with Gasteiger partial charge in [-0.25, -0.2) is 0 Å². The van der Waals surface area contributed by atoms with E-state index in [0.29, 0.717) is 13.0 Å². The third-order valence-corrected chi connectivity index (χ3v) is 4.68. The molecule has 1 atom stereocenters. The predicted octanol–water partition coefficient (Wildman–Crippen LogP) is 4.72. The molecule has 0 bridgehead atoms. The van der Waals surface area contributed by atoms with Crippen LogP contribution in [0.1, 0.15) is 43.7 Å². The molecule has 122 valence electrons. The summed E-state index contributed by atoms with van der Waals surface area (Å²) < 4.78 is 37.9. The van der Waals surface area contributed by atoms with Gasteiger partial charge in [-0.05, 0) is 23.1 Å². The molecular weight excluding hydrogens is 311 g/mol.